The zero-order valence-corrected chi connectivity index (χ0v) is 8.91. The van der Waals surface area contributed by atoms with Gasteiger partial charge in [0.05, 0.1) is 0 Å². The maximum Gasteiger partial charge on any atom is 0.0188 e. The monoisotopic (exact) mass is 188 g/mol. The van der Waals surface area contributed by atoms with Crippen LogP contribution in [0.5, 0.6) is 0 Å². The van der Waals surface area contributed by atoms with Crippen molar-refractivity contribution in [1.29, 1.82) is 0 Å². The summed E-state index contributed by atoms with van der Waals surface area (Å²) in [4.78, 5) is 0. The summed E-state index contributed by atoms with van der Waals surface area (Å²) >= 11 is 1.97. The summed E-state index contributed by atoms with van der Waals surface area (Å²) in [7, 11) is 0. The molecule has 12 heavy (non-hydrogen) atoms. The van der Waals surface area contributed by atoms with Crippen LogP contribution in [-0.4, -0.2) is 29.6 Å². The molecule has 2 nitrogen and oxygen atoms in total. The third-order valence-corrected chi connectivity index (χ3v) is 3.54. The van der Waals surface area contributed by atoms with Gasteiger partial charge in [-0.05, 0) is 33.2 Å². The molecule has 72 valence electrons. The first-order valence-corrected chi connectivity index (χ1v) is 5.83. The average Bonchev–Trinajstić information content (AvgIpc) is 2.36. The fraction of sp³-hybridized carbons (Fsp3) is 1.00. The molecule has 1 heterocycles. The molecule has 1 unspecified atom stereocenters. The van der Waals surface area contributed by atoms with E-state index in [4.69, 9.17) is 5.73 Å². The smallest absolute Gasteiger partial charge is 0.0188 e. The van der Waals surface area contributed by atoms with Gasteiger partial charge in [0.1, 0.15) is 0 Å². The fourth-order valence-electron chi connectivity index (χ4n) is 1.36. The van der Waals surface area contributed by atoms with Gasteiger partial charge in [0.2, 0.25) is 0 Å². The van der Waals surface area contributed by atoms with Crippen LogP contribution in [0.3, 0.4) is 0 Å². The lowest BCUT2D eigenvalue weighted by molar-refractivity contribution is 0.589. The SMILES string of the molecule is CC(C)(N)CSCC1CCCN1. The molecule has 1 saturated heterocycles. The third kappa shape index (κ3) is 4.33. The minimum absolute atomic E-state index is 0.0106. The number of hydrogen-bond donors (Lipinski definition) is 2. The number of thioether (sulfide) groups is 1. The lowest BCUT2D eigenvalue weighted by atomic mass is 10.1. The highest BCUT2D eigenvalue weighted by Gasteiger charge is 2.16. The van der Waals surface area contributed by atoms with Crippen molar-refractivity contribution >= 4 is 11.8 Å². The fourth-order valence-corrected chi connectivity index (χ4v) is 2.58. The molecule has 0 radical (unpaired) electrons. The molecule has 1 atom stereocenters. The van der Waals surface area contributed by atoms with Gasteiger partial charge in [0.25, 0.3) is 0 Å². The van der Waals surface area contributed by atoms with E-state index in [1.165, 1.54) is 25.1 Å². The summed E-state index contributed by atoms with van der Waals surface area (Å²) in [5, 5.41) is 3.48. The van der Waals surface area contributed by atoms with Crippen molar-refractivity contribution in [2.75, 3.05) is 18.1 Å². The second-order valence-electron chi connectivity index (χ2n) is 4.30. The Kier molecular flexibility index (Phi) is 3.87. The van der Waals surface area contributed by atoms with Crippen LogP contribution in [0.1, 0.15) is 26.7 Å². The highest BCUT2D eigenvalue weighted by atomic mass is 32.2. The Morgan fingerprint density at radius 1 is 1.58 bits per heavy atom. The summed E-state index contributed by atoms with van der Waals surface area (Å²) < 4.78 is 0. The van der Waals surface area contributed by atoms with E-state index in [1.807, 2.05) is 11.8 Å². The lowest BCUT2D eigenvalue weighted by Gasteiger charge is -2.18. The minimum Gasteiger partial charge on any atom is -0.325 e. The van der Waals surface area contributed by atoms with E-state index >= 15 is 0 Å². The van der Waals surface area contributed by atoms with Crippen molar-refractivity contribution in [3.63, 3.8) is 0 Å². The Labute approximate surface area is 79.7 Å². The average molecular weight is 188 g/mol. The molecule has 1 fully saturated rings. The van der Waals surface area contributed by atoms with Crippen LogP contribution in [0.4, 0.5) is 0 Å². The van der Waals surface area contributed by atoms with E-state index < -0.39 is 0 Å². The Morgan fingerprint density at radius 2 is 2.33 bits per heavy atom. The van der Waals surface area contributed by atoms with Crippen molar-refractivity contribution in [2.45, 2.75) is 38.3 Å². The van der Waals surface area contributed by atoms with E-state index in [0.29, 0.717) is 0 Å². The molecule has 0 bridgehead atoms. The molecule has 0 aromatic heterocycles. The van der Waals surface area contributed by atoms with Crippen LogP contribution < -0.4 is 11.1 Å². The van der Waals surface area contributed by atoms with Crippen LogP contribution in [-0.2, 0) is 0 Å². The first kappa shape index (κ1) is 10.4. The van der Waals surface area contributed by atoms with Gasteiger partial charge in [-0.25, -0.2) is 0 Å². The molecule has 0 aromatic carbocycles. The van der Waals surface area contributed by atoms with Crippen molar-refractivity contribution in [1.82, 2.24) is 5.32 Å². The zero-order valence-electron chi connectivity index (χ0n) is 8.10. The highest BCUT2D eigenvalue weighted by Crippen LogP contribution is 2.15. The van der Waals surface area contributed by atoms with Crippen molar-refractivity contribution < 1.29 is 0 Å². The summed E-state index contributed by atoms with van der Waals surface area (Å²) in [6.45, 7) is 5.38. The Balaban J connectivity index is 2.02. The molecule has 1 aliphatic heterocycles. The van der Waals surface area contributed by atoms with E-state index in [1.54, 1.807) is 0 Å². The highest BCUT2D eigenvalue weighted by molar-refractivity contribution is 7.99. The van der Waals surface area contributed by atoms with Crippen LogP contribution in [0.15, 0.2) is 0 Å². The molecule has 0 amide bonds. The topological polar surface area (TPSA) is 38.0 Å². The van der Waals surface area contributed by atoms with Gasteiger partial charge < -0.3 is 11.1 Å². The number of rotatable bonds is 4. The quantitative estimate of drug-likeness (QED) is 0.696. The van der Waals surface area contributed by atoms with E-state index in [0.717, 1.165) is 11.8 Å². The van der Waals surface area contributed by atoms with Crippen LogP contribution >= 0.6 is 11.8 Å². The second kappa shape index (κ2) is 4.49. The normalized spacial score (nSPS) is 24.8. The van der Waals surface area contributed by atoms with Crippen LogP contribution in [0.25, 0.3) is 0 Å². The van der Waals surface area contributed by atoms with Crippen LogP contribution in [0, 0.1) is 0 Å². The van der Waals surface area contributed by atoms with Gasteiger partial charge in [-0.15, -0.1) is 0 Å². The third-order valence-electron chi connectivity index (χ3n) is 1.96. The minimum atomic E-state index is -0.0106. The van der Waals surface area contributed by atoms with Gasteiger partial charge in [0, 0.05) is 23.1 Å². The number of hydrogen-bond acceptors (Lipinski definition) is 3. The molecule has 1 rings (SSSR count). The van der Waals surface area contributed by atoms with Gasteiger partial charge >= 0.3 is 0 Å². The predicted molar refractivity (Wildman–Crippen MR) is 56.6 cm³/mol. The van der Waals surface area contributed by atoms with Gasteiger partial charge in [-0.1, -0.05) is 0 Å². The maximum atomic E-state index is 5.88. The standard InChI is InChI=1S/C9H20N2S/c1-9(2,10)7-12-6-8-4-3-5-11-8/h8,11H,3-7,10H2,1-2H3. The van der Waals surface area contributed by atoms with Crippen molar-refractivity contribution in [2.24, 2.45) is 5.73 Å². The summed E-state index contributed by atoms with van der Waals surface area (Å²) in [5.41, 5.74) is 5.87. The molecule has 0 aliphatic carbocycles. The van der Waals surface area contributed by atoms with E-state index in [2.05, 4.69) is 19.2 Å². The molecular formula is C9H20N2S. The number of nitrogens with two attached hydrogens (primary N) is 1. The van der Waals surface area contributed by atoms with Gasteiger partial charge in [-0.3, -0.25) is 0 Å². The molecule has 3 heteroatoms. The largest absolute Gasteiger partial charge is 0.325 e. The molecule has 1 aliphatic rings. The van der Waals surface area contributed by atoms with E-state index in [9.17, 15) is 0 Å². The van der Waals surface area contributed by atoms with Crippen molar-refractivity contribution in [3.05, 3.63) is 0 Å². The predicted octanol–water partition coefficient (Wildman–Crippen LogP) is 1.21. The molecular weight excluding hydrogens is 168 g/mol. The molecule has 0 saturated carbocycles. The first-order chi connectivity index (χ1) is 5.58. The van der Waals surface area contributed by atoms with Crippen molar-refractivity contribution in [3.8, 4) is 0 Å². The number of nitrogens with one attached hydrogen (secondary N) is 1. The summed E-state index contributed by atoms with van der Waals surface area (Å²) in [6, 6.07) is 0.748. The molecule has 0 aromatic rings. The second-order valence-corrected chi connectivity index (χ2v) is 5.33. The van der Waals surface area contributed by atoms with Gasteiger partial charge in [-0.2, -0.15) is 11.8 Å². The Bertz CT molecular complexity index is 125. The van der Waals surface area contributed by atoms with Crippen LogP contribution in [0.2, 0.25) is 0 Å². The van der Waals surface area contributed by atoms with E-state index in [-0.39, 0.29) is 5.54 Å². The maximum absolute atomic E-state index is 5.88. The summed E-state index contributed by atoms with van der Waals surface area (Å²) in [6.07, 6.45) is 2.69. The Hall–Kier alpha value is 0.270. The lowest BCUT2D eigenvalue weighted by Crippen LogP contribution is -2.35. The molecule has 3 N–H and O–H groups in total. The Morgan fingerprint density at radius 3 is 2.83 bits per heavy atom. The zero-order chi connectivity index (χ0) is 9.03. The van der Waals surface area contributed by atoms with Gasteiger partial charge in [0.15, 0.2) is 0 Å². The summed E-state index contributed by atoms with van der Waals surface area (Å²) in [5.74, 6) is 2.28. The first-order valence-electron chi connectivity index (χ1n) is 4.68. The molecule has 0 spiro atoms.